The molecule has 0 radical (unpaired) electrons. The van der Waals surface area contributed by atoms with Crippen LogP contribution < -0.4 is 5.32 Å². The first-order valence-electron chi connectivity index (χ1n) is 6.68. The maximum Gasteiger partial charge on any atom is 0.158 e. The Labute approximate surface area is 114 Å². The molecule has 1 N–H and O–H groups in total. The highest BCUT2D eigenvalue weighted by atomic mass is 15.4. The molecule has 0 unspecified atom stereocenters. The molecule has 2 aromatic rings. The van der Waals surface area contributed by atoms with Crippen LogP contribution in [0.5, 0.6) is 0 Å². The van der Waals surface area contributed by atoms with Crippen molar-refractivity contribution in [2.45, 2.75) is 40.7 Å². The minimum Gasteiger partial charge on any atom is -0.313 e. The van der Waals surface area contributed by atoms with Crippen LogP contribution in [-0.2, 0) is 6.54 Å². The predicted octanol–water partition coefficient (Wildman–Crippen LogP) is 2.09. The van der Waals surface area contributed by atoms with Gasteiger partial charge >= 0.3 is 0 Å². The fourth-order valence-electron chi connectivity index (χ4n) is 2.08. The Morgan fingerprint density at radius 1 is 1.26 bits per heavy atom. The Morgan fingerprint density at radius 2 is 2.05 bits per heavy atom. The van der Waals surface area contributed by atoms with Gasteiger partial charge < -0.3 is 5.32 Å². The van der Waals surface area contributed by atoms with E-state index < -0.39 is 0 Å². The van der Waals surface area contributed by atoms with Crippen molar-refractivity contribution in [2.24, 2.45) is 0 Å². The highest BCUT2D eigenvalue weighted by Gasteiger charge is 2.09. The number of hydrogen-bond acceptors (Lipinski definition) is 4. The van der Waals surface area contributed by atoms with Gasteiger partial charge in [0.2, 0.25) is 0 Å². The molecule has 0 atom stereocenters. The normalized spacial score (nSPS) is 10.9. The van der Waals surface area contributed by atoms with Crippen molar-refractivity contribution in [3.63, 3.8) is 0 Å². The van der Waals surface area contributed by atoms with Crippen LogP contribution in [0.1, 0.15) is 36.1 Å². The minimum atomic E-state index is 0.771. The molecule has 2 heterocycles. The molecule has 0 aliphatic heterocycles. The second-order valence-corrected chi connectivity index (χ2v) is 4.78. The number of aromatic nitrogens is 4. The molecule has 0 bridgehead atoms. The Morgan fingerprint density at radius 3 is 2.63 bits per heavy atom. The molecule has 0 aliphatic carbocycles. The molecule has 0 aromatic carbocycles. The summed E-state index contributed by atoms with van der Waals surface area (Å²) in [4.78, 5) is 8.83. The average molecular weight is 259 g/mol. The monoisotopic (exact) mass is 259 g/mol. The molecule has 0 spiro atoms. The van der Waals surface area contributed by atoms with E-state index in [1.54, 1.807) is 4.68 Å². The summed E-state index contributed by atoms with van der Waals surface area (Å²) in [7, 11) is 0. The third-order valence-corrected chi connectivity index (χ3v) is 2.94. The Hall–Kier alpha value is -1.75. The average Bonchev–Trinajstić information content (AvgIpc) is 2.69. The zero-order valence-corrected chi connectivity index (χ0v) is 12.1. The summed E-state index contributed by atoms with van der Waals surface area (Å²) < 4.78 is 1.80. The number of rotatable bonds is 5. The van der Waals surface area contributed by atoms with Crippen molar-refractivity contribution in [3.05, 3.63) is 35.0 Å². The number of nitrogens with zero attached hydrogens (tertiary/aromatic N) is 4. The van der Waals surface area contributed by atoms with Crippen LogP contribution in [0.4, 0.5) is 0 Å². The maximum absolute atomic E-state index is 4.52. The van der Waals surface area contributed by atoms with Gasteiger partial charge in [-0.3, -0.25) is 0 Å². The minimum absolute atomic E-state index is 0.771. The third-order valence-electron chi connectivity index (χ3n) is 2.94. The van der Waals surface area contributed by atoms with Crippen molar-refractivity contribution in [3.8, 4) is 5.82 Å². The molecule has 0 saturated carbocycles. The maximum atomic E-state index is 4.52. The lowest BCUT2D eigenvalue weighted by Gasteiger charge is -2.09. The van der Waals surface area contributed by atoms with Crippen LogP contribution in [0.15, 0.2) is 12.3 Å². The Bertz CT molecular complexity index is 559. The lowest BCUT2D eigenvalue weighted by Crippen LogP contribution is -2.14. The van der Waals surface area contributed by atoms with E-state index in [1.165, 1.54) is 5.56 Å². The SMILES string of the molecule is CCCNCc1cnc(-n2nc(C)nc2C)c(C)c1. The number of hydrogen-bond donors (Lipinski definition) is 1. The van der Waals surface area contributed by atoms with Gasteiger partial charge in [-0.25, -0.2) is 9.97 Å². The van der Waals surface area contributed by atoms with Gasteiger partial charge in [0.15, 0.2) is 5.82 Å². The van der Waals surface area contributed by atoms with Crippen LogP contribution in [0.2, 0.25) is 0 Å². The Balaban J connectivity index is 2.22. The summed E-state index contributed by atoms with van der Waals surface area (Å²) in [5.74, 6) is 2.50. The summed E-state index contributed by atoms with van der Waals surface area (Å²) >= 11 is 0. The van der Waals surface area contributed by atoms with Gasteiger partial charge in [0.1, 0.15) is 11.6 Å². The van der Waals surface area contributed by atoms with Gasteiger partial charge in [-0.2, -0.15) is 4.68 Å². The van der Waals surface area contributed by atoms with E-state index in [1.807, 2.05) is 20.0 Å². The lowest BCUT2D eigenvalue weighted by molar-refractivity contribution is 0.672. The first kappa shape index (κ1) is 13.7. The van der Waals surface area contributed by atoms with E-state index >= 15 is 0 Å². The molecular weight excluding hydrogens is 238 g/mol. The van der Waals surface area contributed by atoms with Crippen LogP contribution in [0.25, 0.3) is 5.82 Å². The van der Waals surface area contributed by atoms with E-state index in [4.69, 9.17) is 0 Å². The summed E-state index contributed by atoms with van der Waals surface area (Å²) in [6.45, 7) is 9.94. The molecule has 5 nitrogen and oxygen atoms in total. The van der Waals surface area contributed by atoms with E-state index in [0.717, 1.165) is 42.5 Å². The first-order valence-corrected chi connectivity index (χ1v) is 6.68. The summed E-state index contributed by atoms with van der Waals surface area (Å²) in [6.07, 6.45) is 3.05. The van der Waals surface area contributed by atoms with Gasteiger partial charge in [0, 0.05) is 12.7 Å². The summed E-state index contributed by atoms with van der Waals surface area (Å²) in [5.41, 5.74) is 2.31. The van der Waals surface area contributed by atoms with Crippen molar-refractivity contribution in [2.75, 3.05) is 6.54 Å². The first-order chi connectivity index (χ1) is 9.11. The van der Waals surface area contributed by atoms with E-state index in [2.05, 4.69) is 40.3 Å². The van der Waals surface area contributed by atoms with Crippen LogP contribution in [0, 0.1) is 20.8 Å². The molecular formula is C14H21N5. The van der Waals surface area contributed by atoms with Crippen molar-refractivity contribution in [1.82, 2.24) is 25.1 Å². The van der Waals surface area contributed by atoms with Crippen molar-refractivity contribution in [1.29, 1.82) is 0 Å². The summed E-state index contributed by atoms with van der Waals surface area (Å²) in [5, 5.41) is 7.75. The molecule has 2 aromatic heterocycles. The number of pyridine rings is 1. The van der Waals surface area contributed by atoms with E-state index in [9.17, 15) is 0 Å². The molecule has 0 saturated heterocycles. The fraction of sp³-hybridized carbons (Fsp3) is 0.500. The molecule has 0 fully saturated rings. The largest absolute Gasteiger partial charge is 0.313 e. The van der Waals surface area contributed by atoms with Crippen molar-refractivity contribution >= 4 is 0 Å². The zero-order chi connectivity index (χ0) is 13.8. The fourth-order valence-corrected chi connectivity index (χ4v) is 2.08. The van der Waals surface area contributed by atoms with Crippen LogP contribution in [-0.4, -0.2) is 26.3 Å². The van der Waals surface area contributed by atoms with Gasteiger partial charge in [-0.1, -0.05) is 6.92 Å². The second kappa shape index (κ2) is 5.93. The summed E-state index contributed by atoms with van der Waals surface area (Å²) in [6, 6.07) is 2.15. The van der Waals surface area contributed by atoms with Crippen molar-refractivity contribution < 1.29 is 0 Å². The molecule has 19 heavy (non-hydrogen) atoms. The number of aryl methyl sites for hydroxylation is 3. The van der Waals surface area contributed by atoms with Crippen LogP contribution >= 0.6 is 0 Å². The van der Waals surface area contributed by atoms with Crippen LogP contribution in [0.3, 0.4) is 0 Å². The Kier molecular flexibility index (Phi) is 4.27. The third kappa shape index (κ3) is 3.17. The molecule has 0 amide bonds. The smallest absolute Gasteiger partial charge is 0.158 e. The van der Waals surface area contributed by atoms with Gasteiger partial charge in [-0.15, -0.1) is 5.10 Å². The molecule has 2 rings (SSSR count). The highest BCUT2D eigenvalue weighted by Crippen LogP contribution is 2.13. The van der Waals surface area contributed by atoms with Gasteiger partial charge in [-0.05, 0) is 50.9 Å². The molecule has 102 valence electrons. The quantitative estimate of drug-likeness (QED) is 0.835. The predicted molar refractivity (Wildman–Crippen MR) is 75.4 cm³/mol. The standard InChI is InChI=1S/C14H21N5/c1-5-6-15-8-13-7-10(2)14(16-9-13)19-12(4)17-11(3)18-19/h7,9,15H,5-6,8H2,1-4H3. The van der Waals surface area contributed by atoms with E-state index in [0.29, 0.717) is 0 Å². The zero-order valence-electron chi connectivity index (χ0n) is 12.1. The second-order valence-electron chi connectivity index (χ2n) is 4.78. The molecule has 0 aliphatic rings. The number of nitrogens with one attached hydrogen (secondary N) is 1. The topological polar surface area (TPSA) is 55.6 Å². The lowest BCUT2D eigenvalue weighted by atomic mass is 10.2. The van der Waals surface area contributed by atoms with Gasteiger partial charge in [0.25, 0.3) is 0 Å². The molecule has 5 heteroatoms. The van der Waals surface area contributed by atoms with E-state index in [-0.39, 0.29) is 0 Å². The highest BCUT2D eigenvalue weighted by molar-refractivity contribution is 5.35. The van der Waals surface area contributed by atoms with Gasteiger partial charge in [0.05, 0.1) is 0 Å².